The minimum atomic E-state index is -0.750. The fourth-order valence-electron chi connectivity index (χ4n) is 3.40. The molecule has 1 atom stereocenters. The zero-order chi connectivity index (χ0) is 22.1. The number of ether oxygens (including phenoxy) is 1. The fourth-order valence-corrected chi connectivity index (χ4v) is 3.40. The van der Waals surface area contributed by atoms with Crippen molar-refractivity contribution in [3.63, 3.8) is 0 Å². The number of anilines is 1. The van der Waals surface area contributed by atoms with Gasteiger partial charge < -0.3 is 20.3 Å². The number of benzene rings is 1. The van der Waals surface area contributed by atoms with E-state index in [1.807, 2.05) is 0 Å². The highest BCUT2D eigenvalue weighted by molar-refractivity contribution is 6.05. The van der Waals surface area contributed by atoms with E-state index in [1.54, 1.807) is 20.8 Å². The largest absolute Gasteiger partial charge is 0.444 e. The molecule has 1 saturated heterocycles. The molecule has 0 spiro atoms. The van der Waals surface area contributed by atoms with Crippen molar-refractivity contribution in [3.05, 3.63) is 29.1 Å². The molecule has 9 nitrogen and oxygen atoms in total. The second kappa shape index (κ2) is 8.29. The van der Waals surface area contributed by atoms with Crippen molar-refractivity contribution in [2.75, 3.05) is 18.4 Å². The molecular weight excluding hydrogens is 395 g/mol. The topological polar surface area (TPSA) is 117 Å². The van der Waals surface area contributed by atoms with Crippen molar-refractivity contribution >= 4 is 29.5 Å². The molecule has 2 aliphatic rings. The lowest BCUT2D eigenvalue weighted by molar-refractivity contribution is -0.136. The lowest BCUT2D eigenvalue weighted by Gasteiger charge is -2.29. The number of fused-ring (bicyclic) bond motifs is 1. The second-order valence-corrected chi connectivity index (χ2v) is 8.24. The molecule has 162 valence electrons. The molecule has 4 amide bonds. The molecule has 3 rings (SSSR count). The molecule has 0 aliphatic carbocycles. The lowest BCUT2D eigenvalue weighted by Crippen LogP contribution is -2.52. The normalized spacial score (nSPS) is 18.7. The van der Waals surface area contributed by atoms with Gasteiger partial charge in [-0.1, -0.05) is 0 Å². The first-order valence-corrected chi connectivity index (χ1v) is 9.73. The zero-order valence-electron chi connectivity index (χ0n) is 17.1. The summed E-state index contributed by atoms with van der Waals surface area (Å²) in [6, 6.07) is 1.93. The van der Waals surface area contributed by atoms with Crippen LogP contribution in [-0.2, 0) is 20.9 Å². The molecule has 1 unspecified atom stereocenters. The SMILES string of the molecule is CC(C)(C)OC(=O)NCCNc1cc2c(cc1F)C(=O)N(C1CCC(=O)NC1=O)C2. The number of imide groups is 1. The Kier molecular flexibility index (Phi) is 5.95. The molecule has 2 aliphatic heterocycles. The van der Waals surface area contributed by atoms with Gasteiger partial charge in [0.15, 0.2) is 0 Å². The standard InChI is InChI=1S/C20H25FN4O5/c1-20(2,3)30-19(29)23-7-6-22-14-8-11-10-25(18(28)12(11)9-13(14)21)15-4-5-16(26)24-17(15)27/h8-9,15,22H,4-7,10H2,1-3H3,(H,23,29)(H,24,26,27). The summed E-state index contributed by atoms with van der Waals surface area (Å²) in [7, 11) is 0. The number of carbonyl (C=O) groups is 4. The maximum atomic E-state index is 14.5. The Balaban J connectivity index is 1.60. The highest BCUT2D eigenvalue weighted by atomic mass is 19.1. The van der Waals surface area contributed by atoms with Gasteiger partial charge in [-0.05, 0) is 44.9 Å². The molecule has 1 aromatic rings. The predicted molar refractivity (Wildman–Crippen MR) is 105 cm³/mol. The summed E-state index contributed by atoms with van der Waals surface area (Å²) in [6.45, 7) is 5.89. The Labute approximate surface area is 173 Å². The number of carbonyl (C=O) groups excluding carboxylic acids is 4. The van der Waals surface area contributed by atoms with Crippen LogP contribution in [0.4, 0.5) is 14.9 Å². The first kappa shape index (κ1) is 21.5. The number of piperidine rings is 1. The van der Waals surface area contributed by atoms with Gasteiger partial charge in [0.2, 0.25) is 11.8 Å². The van der Waals surface area contributed by atoms with Crippen LogP contribution in [0.2, 0.25) is 0 Å². The van der Waals surface area contributed by atoms with Crippen molar-refractivity contribution in [3.8, 4) is 0 Å². The minimum absolute atomic E-state index is 0.155. The lowest BCUT2D eigenvalue weighted by atomic mass is 10.0. The maximum absolute atomic E-state index is 14.5. The fraction of sp³-hybridized carbons (Fsp3) is 0.500. The molecule has 3 N–H and O–H groups in total. The van der Waals surface area contributed by atoms with E-state index < -0.39 is 35.4 Å². The van der Waals surface area contributed by atoms with Gasteiger partial charge in [0.25, 0.3) is 5.91 Å². The Morgan fingerprint density at radius 3 is 2.67 bits per heavy atom. The number of hydrogen-bond donors (Lipinski definition) is 3. The molecule has 2 heterocycles. The third kappa shape index (κ3) is 4.87. The smallest absolute Gasteiger partial charge is 0.407 e. The third-order valence-electron chi connectivity index (χ3n) is 4.72. The van der Waals surface area contributed by atoms with E-state index in [9.17, 15) is 23.6 Å². The van der Waals surface area contributed by atoms with Gasteiger partial charge >= 0.3 is 6.09 Å². The summed E-state index contributed by atoms with van der Waals surface area (Å²) in [5, 5.41) is 7.68. The summed E-state index contributed by atoms with van der Waals surface area (Å²) in [5.74, 6) is -1.92. The molecule has 1 aromatic carbocycles. The van der Waals surface area contributed by atoms with E-state index in [0.717, 1.165) is 6.07 Å². The van der Waals surface area contributed by atoms with Crippen molar-refractivity contribution in [1.29, 1.82) is 0 Å². The Morgan fingerprint density at radius 2 is 2.00 bits per heavy atom. The van der Waals surface area contributed by atoms with Crippen LogP contribution in [0.25, 0.3) is 0 Å². The van der Waals surface area contributed by atoms with Crippen LogP contribution < -0.4 is 16.0 Å². The molecule has 0 bridgehead atoms. The molecule has 0 saturated carbocycles. The third-order valence-corrected chi connectivity index (χ3v) is 4.72. The molecule has 1 fully saturated rings. The van der Waals surface area contributed by atoms with Gasteiger partial charge in [0.05, 0.1) is 5.69 Å². The van der Waals surface area contributed by atoms with Gasteiger partial charge in [-0.3, -0.25) is 19.7 Å². The zero-order valence-corrected chi connectivity index (χ0v) is 17.1. The van der Waals surface area contributed by atoms with Crippen LogP contribution in [-0.4, -0.2) is 53.4 Å². The quantitative estimate of drug-likeness (QED) is 0.491. The van der Waals surface area contributed by atoms with Gasteiger partial charge in [-0.15, -0.1) is 0 Å². The van der Waals surface area contributed by atoms with Crippen LogP contribution in [0.5, 0.6) is 0 Å². The maximum Gasteiger partial charge on any atom is 0.407 e. The van der Waals surface area contributed by atoms with Gasteiger partial charge in [0.1, 0.15) is 17.5 Å². The van der Waals surface area contributed by atoms with Crippen LogP contribution in [0.3, 0.4) is 0 Å². The highest BCUT2D eigenvalue weighted by Crippen LogP contribution is 2.31. The van der Waals surface area contributed by atoms with E-state index in [1.165, 1.54) is 11.0 Å². The average Bonchev–Trinajstić information content (AvgIpc) is 2.93. The number of nitrogens with zero attached hydrogens (tertiary/aromatic N) is 1. The van der Waals surface area contributed by atoms with Crippen LogP contribution in [0.15, 0.2) is 12.1 Å². The second-order valence-electron chi connectivity index (χ2n) is 8.24. The number of hydrogen-bond acceptors (Lipinski definition) is 6. The van der Waals surface area contributed by atoms with Crippen LogP contribution in [0, 0.1) is 5.82 Å². The number of halogens is 1. The minimum Gasteiger partial charge on any atom is -0.444 e. The molecule has 0 radical (unpaired) electrons. The van der Waals surface area contributed by atoms with E-state index in [2.05, 4.69) is 16.0 Å². The highest BCUT2D eigenvalue weighted by Gasteiger charge is 2.39. The Morgan fingerprint density at radius 1 is 1.27 bits per heavy atom. The van der Waals surface area contributed by atoms with Crippen LogP contribution in [0.1, 0.15) is 49.5 Å². The van der Waals surface area contributed by atoms with Gasteiger partial charge in [0, 0.05) is 31.6 Å². The van der Waals surface area contributed by atoms with E-state index in [0.29, 0.717) is 5.56 Å². The van der Waals surface area contributed by atoms with Crippen LogP contribution >= 0.6 is 0 Å². The molecule has 30 heavy (non-hydrogen) atoms. The number of amides is 4. The van der Waals surface area contributed by atoms with Crippen molar-refractivity contribution in [2.24, 2.45) is 0 Å². The predicted octanol–water partition coefficient (Wildman–Crippen LogP) is 1.52. The van der Waals surface area contributed by atoms with Gasteiger partial charge in [-0.25, -0.2) is 9.18 Å². The summed E-state index contributed by atoms with van der Waals surface area (Å²) >= 11 is 0. The summed E-state index contributed by atoms with van der Waals surface area (Å²) in [5.41, 5.74) is 0.380. The number of alkyl carbamates (subject to hydrolysis) is 1. The summed E-state index contributed by atoms with van der Waals surface area (Å²) < 4.78 is 19.6. The molecule has 10 heteroatoms. The molecule has 0 aromatic heterocycles. The number of rotatable bonds is 5. The Bertz CT molecular complexity index is 896. The van der Waals surface area contributed by atoms with Crippen molar-refractivity contribution in [1.82, 2.24) is 15.5 Å². The monoisotopic (exact) mass is 420 g/mol. The van der Waals surface area contributed by atoms with Crippen molar-refractivity contribution in [2.45, 2.75) is 51.8 Å². The first-order chi connectivity index (χ1) is 14.0. The van der Waals surface area contributed by atoms with E-state index in [-0.39, 0.29) is 49.6 Å². The summed E-state index contributed by atoms with van der Waals surface area (Å²) in [4.78, 5) is 49.0. The van der Waals surface area contributed by atoms with E-state index >= 15 is 0 Å². The van der Waals surface area contributed by atoms with Gasteiger partial charge in [-0.2, -0.15) is 0 Å². The molecular formula is C20H25FN4O5. The number of nitrogens with one attached hydrogen (secondary N) is 3. The van der Waals surface area contributed by atoms with Crippen molar-refractivity contribution < 1.29 is 28.3 Å². The Hall–Kier alpha value is -3.17. The summed E-state index contributed by atoms with van der Waals surface area (Å²) in [6.07, 6.45) is -0.166. The average molecular weight is 420 g/mol. The van der Waals surface area contributed by atoms with E-state index in [4.69, 9.17) is 4.74 Å². The first-order valence-electron chi connectivity index (χ1n) is 9.73.